The van der Waals surface area contributed by atoms with Gasteiger partial charge in [-0.3, -0.25) is 9.59 Å². The Bertz CT molecular complexity index is 1100. The van der Waals surface area contributed by atoms with Gasteiger partial charge in [-0.05, 0) is 30.3 Å². The molecule has 10 nitrogen and oxygen atoms in total. The van der Waals surface area contributed by atoms with Gasteiger partial charge in [-0.15, -0.1) is 0 Å². The van der Waals surface area contributed by atoms with Crippen molar-refractivity contribution >= 4 is 27.5 Å². The van der Waals surface area contributed by atoms with Crippen molar-refractivity contribution in [1.82, 2.24) is 9.62 Å². The van der Waals surface area contributed by atoms with E-state index in [9.17, 15) is 18.0 Å². The fourth-order valence-corrected chi connectivity index (χ4v) is 4.74. The largest absolute Gasteiger partial charge is 0.496 e. The Balaban J connectivity index is 1.87. The number of para-hydroxylation sites is 1. The molecule has 0 bridgehead atoms. The minimum absolute atomic E-state index is 0.0269. The van der Waals surface area contributed by atoms with Crippen LogP contribution < -0.4 is 15.4 Å². The van der Waals surface area contributed by atoms with Gasteiger partial charge in [0, 0.05) is 26.7 Å². The molecule has 0 aromatic heterocycles. The van der Waals surface area contributed by atoms with E-state index in [-0.39, 0.29) is 46.5 Å². The molecule has 2 amide bonds. The van der Waals surface area contributed by atoms with E-state index in [4.69, 9.17) is 14.2 Å². The number of rotatable bonds is 9. The predicted octanol–water partition coefficient (Wildman–Crippen LogP) is 1.34. The number of nitrogens with one attached hydrogen (secondary N) is 2. The molecular weight excluding hydrogens is 450 g/mol. The van der Waals surface area contributed by atoms with Crippen molar-refractivity contribution in [1.29, 1.82) is 0 Å². The Labute approximate surface area is 192 Å². The van der Waals surface area contributed by atoms with Gasteiger partial charge in [0.1, 0.15) is 5.75 Å². The van der Waals surface area contributed by atoms with E-state index in [1.165, 1.54) is 36.7 Å². The van der Waals surface area contributed by atoms with Gasteiger partial charge in [0.25, 0.3) is 11.8 Å². The molecule has 0 atom stereocenters. The molecule has 2 aromatic carbocycles. The minimum atomic E-state index is -3.81. The Morgan fingerprint density at radius 3 is 2.45 bits per heavy atom. The molecule has 3 rings (SSSR count). The number of methoxy groups -OCH3 is 2. The van der Waals surface area contributed by atoms with Crippen molar-refractivity contribution in [3.05, 3.63) is 53.6 Å². The molecule has 2 aromatic rings. The average Bonchev–Trinajstić information content (AvgIpc) is 2.84. The third kappa shape index (κ3) is 5.88. The molecule has 0 unspecified atom stereocenters. The summed E-state index contributed by atoms with van der Waals surface area (Å²) in [6.07, 6.45) is 0. The van der Waals surface area contributed by atoms with Gasteiger partial charge in [-0.25, -0.2) is 8.42 Å². The maximum Gasteiger partial charge on any atom is 0.259 e. The van der Waals surface area contributed by atoms with E-state index >= 15 is 0 Å². The molecule has 1 heterocycles. The number of ether oxygens (including phenoxy) is 3. The van der Waals surface area contributed by atoms with Gasteiger partial charge >= 0.3 is 0 Å². The first-order valence-electron chi connectivity index (χ1n) is 10.3. The molecule has 33 heavy (non-hydrogen) atoms. The van der Waals surface area contributed by atoms with Crippen molar-refractivity contribution in [2.24, 2.45) is 0 Å². The van der Waals surface area contributed by atoms with Crippen LogP contribution in [-0.4, -0.2) is 78.2 Å². The van der Waals surface area contributed by atoms with Gasteiger partial charge in [0.2, 0.25) is 10.0 Å². The van der Waals surface area contributed by atoms with Crippen LogP contribution in [-0.2, 0) is 19.5 Å². The fourth-order valence-electron chi connectivity index (χ4n) is 3.30. The summed E-state index contributed by atoms with van der Waals surface area (Å²) >= 11 is 0. The van der Waals surface area contributed by atoms with E-state index < -0.39 is 15.9 Å². The lowest BCUT2D eigenvalue weighted by Crippen LogP contribution is -2.40. The molecule has 11 heteroatoms. The maximum atomic E-state index is 13.1. The van der Waals surface area contributed by atoms with Crippen LogP contribution in [0.3, 0.4) is 0 Å². The molecule has 1 aliphatic rings. The highest BCUT2D eigenvalue weighted by molar-refractivity contribution is 7.89. The van der Waals surface area contributed by atoms with Crippen LogP contribution in [0.2, 0.25) is 0 Å². The van der Waals surface area contributed by atoms with Gasteiger partial charge in [0.15, 0.2) is 0 Å². The number of benzene rings is 2. The topological polar surface area (TPSA) is 123 Å². The first-order chi connectivity index (χ1) is 15.9. The first kappa shape index (κ1) is 24.6. The first-order valence-corrected chi connectivity index (χ1v) is 11.8. The monoisotopic (exact) mass is 477 g/mol. The highest BCUT2D eigenvalue weighted by Gasteiger charge is 2.28. The number of amides is 2. The summed E-state index contributed by atoms with van der Waals surface area (Å²) in [4.78, 5) is 25.6. The summed E-state index contributed by atoms with van der Waals surface area (Å²) in [6.45, 7) is 1.76. The molecule has 2 N–H and O–H groups in total. The lowest BCUT2D eigenvalue weighted by Gasteiger charge is -2.26. The van der Waals surface area contributed by atoms with Crippen LogP contribution in [0.4, 0.5) is 5.69 Å². The molecule has 1 fully saturated rings. The molecule has 0 saturated carbocycles. The van der Waals surface area contributed by atoms with Crippen molar-refractivity contribution in [2.45, 2.75) is 4.90 Å². The second kappa shape index (κ2) is 11.2. The van der Waals surface area contributed by atoms with E-state index in [0.29, 0.717) is 26.4 Å². The maximum absolute atomic E-state index is 13.1. The van der Waals surface area contributed by atoms with Crippen LogP contribution in [0.25, 0.3) is 0 Å². The highest BCUT2D eigenvalue weighted by Crippen LogP contribution is 2.26. The summed E-state index contributed by atoms with van der Waals surface area (Å²) < 4.78 is 42.8. The zero-order valence-corrected chi connectivity index (χ0v) is 19.3. The van der Waals surface area contributed by atoms with Crippen LogP contribution in [0.1, 0.15) is 20.7 Å². The van der Waals surface area contributed by atoms with E-state index in [1.807, 2.05) is 0 Å². The number of sulfonamides is 1. The standard InChI is InChI=1S/C22H27N3O7S/c1-30-12-9-23-21(26)17-5-3-4-6-19(17)24-22(27)18-15-16(7-8-20(18)31-2)33(28,29)25-10-13-32-14-11-25/h3-8,15H,9-14H2,1-2H3,(H,23,26)(H,24,27). The SMILES string of the molecule is COCCNC(=O)c1ccccc1NC(=O)c1cc(S(=O)(=O)N2CCOCC2)ccc1OC. The van der Waals surface area contributed by atoms with Crippen molar-refractivity contribution in [3.8, 4) is 5.75 Å². The van der Waals surface area contributed by atoms with Crippen LogP contribution in [0, 0.1) is 0 Å². The quantitative estimate of drug-likeness (QED) is 0.523. The van der Waals surface area contributed by atoms with E-state index in [2.05, 4.69) is 10.6 Å². The molecule has 0 spiro atoms. The van der Waals surface area contributed by atoms with Crippen LogP contribution in [0.15, 0.2) is 47.4 Å². The van der Waals surface area contributed by atoms with Crippen molar-refractivity contribution < 1.29 is 32.2 Å². The lowest BCUT2D eigenvalue weighted by atomic mass is 10.1. The van der Waals surface area contributed by atoms with E-state index in [1.54, 1.807) is 24.3 Å². The van der Waals surface area contributed by atoms with Gasteiger partial charge in [-0.1, -0.05) is 12.1 Å². The molecule has 178 valence electrons. The Kier molecular flexibility index (Phi) is 8.39. The number of hydrogen-bond acceptors (Lipinski definition) is 7. The predicted molar refractivity (Wildman–Crippen MR) is 121 cm³/mol. The van der Waals surface area contributed by atoms with Crippen molar-refractivity contribution in [3.63, 3.8) is 0 Å². The minimum Gasteiger partial charge on any atom is -0.496 e. The summed E-state index contributed by atoms with van der Waals surface area (Å²) in [5.74, 6) is -0.781. The lowest BCUT2D eigenvalue weighted by molar-refractivity contribution is 0.0730. The molecule has 0 radical (unpaired) electrons. The third-order valence-corrected chi connectivity index (χ3v) is 6.93. The van der Waals surface area contributed by atoms with E-state index in [0.717, 1.165) is 0 Å². The summed E-state index contributed by atoms with van der Waals surface area (Å²) in [7, 11) is -0.891. The third-order valence-electron chi connectivity index (χ3n) is 5.04. The van der Waals surface area contributed by atoms with Gasteiger partial charge in [-0.2, -0.15) is 4.31 Å². The molecule has 1 saturated heterocycles. The second-order valence-corrected chi connectivity index (χ2v) is 9.06. The Morgan fingerprint density at radius 2 is 1.76 bits per heavy atom. The number of carbonyl (C=O) groups is 2. The second-order valence-electron chi connectivity index (χ2n) is 7.13. The van der Waals surface area contributed by atoms with Gasteiger partial charge in [0.05, 0.1) is 48.6 Å². The normalized spacial score (nSPS) is 14.5. The summed E-state index contributed by atoms with van der Waals surface area (Å²) in [5.41, 5.74) is 0.570. The molecular formula is C22H27N3O7S. The number of carbonyl (C=O) groups excluding carboxylic acids is 2. The van der Waals surface area contributed by atoms with Crippen molar-refractivity contribution in [2.75, 3.05) is 59.0 Å². The molecule has 0 aliphatic carbocycles. The number of morpholine rings is 1. The number of anilines is 1. The Hall–Kier alpha value is -2.99. The van der Waals surface area contributed by atoms with Gasteiger partial charge < -0.3 is 24.8 Å². The van der Waals surface area contributed by atoms with Crippen LogP contribution >= 0.6 is 0 Å². The highest BCUT2D eigenvalue weighted by atomic mass is 32.2. The summed E-state index contributed by atoms with van der Waals surface area (Å²) in [5, 5.41) is 5.40. The number of nitrogens with zero attached hydrogens (tertiary/aromatic N) is 1. The number of hydrogen-bond donors (Lipinski definition) is 2. The molecule has 1 aliphatic heterocycles. The Morgan fingerprint density at radius 1 is 1.03 bits per heavy atom. The fraction of sp³-hybridized carbons (Fsp3) is 0.364. The smallest absolute Gasteiger partial charge is 0.259 e. The zero-order valence-electron chi connectivity index (χ0n) is 18.5. The average molecular weight is 478 g/mol. The van der Waals surface area contributed by atoms with Crippen LogP contribution in [0.5, 0.6) is 5.75 Å². The summed E-state index contributed by atoms with van der Waals surface area (Å²) in [6, 6.07) is 10.6. The zero-order chi connectivity index (χ0) is 23.8.